The third-order valence-electron chi connectivity index (χ3n) is 3.02. The van der Waals surface area contributed by atoms with Crippen LogP contribution in [0.1, 0.15) is 11.1 Å². The molecular weight excluding hydrogens is 461 g/mol. The second-order valence-electron chi connectivity index (χ2n) is 4.81. The van der Waals surface area contributed by atoms with E-state index >= 15 is 0 Å². The minimum Gasteiger partial charge on any atom is -0.494 e. The van der Waals surface area contributed by atoms with Crippen molar-refractivity contribution < 1.29 is 9.53 Å². The number of benzene rings is 2. The molecule has 0 spiro atoms. The topological polar surface area (TPSA) is 62.7 Å². The molecule has 0 saturated heterocycles. The van der Waals surface area contributed by atoms with Crippen molar-refractivity contribution in [2.45, 2.75) is 6.92 Å². The minimum absolute atomic E-state index is 0.438. The van der Waals surface area contributed by atoms with Crippen molar-refractivity contribution in [2.24, 2.45) is 5.10 Å². The third kappa shape index (κ3) is 4.96. The van der Waals surface area contributed by atoms with E-state index < -0.39 is 6.03 Å². The summed E-state index contributed by atoms with van der Waals surface area (Å²) in [5, 5.41) is 7.04. The Morgan fingerprint density at radius 2 is 2.00 bits per heavy atom. The summed E-state index contributed by atoms with van der Waals surface area (Å²) in [4.78, 5) is 11.8. The molecule has 0 atom stereocenters. The number of rotatable bonds is 4. The van der Waals surface area contributed by atoms with Gasteiger partial charge < -0.3 is 10.1 Å². The summed E-state index contributed by atoms with van der Waals surface area (Å²) in [5.41, 5.74) is 4.82. The Bertz CT molecular complexity index is 774. The van der Waals surface area contributed by atoms with Gasteiger partial charge in [0.2, 0.25) is 0 Å². The molecule has 0 aromatic heterocycles. The maximum Gasteiger partial charge on any atom is 0.339 e. The highest BCUT2D eigenvalue weighted by atomic mass is 79.9. The molecule has 0 heterocycles. The Labute approximate surface area is 161 Å². The highest BCUT2D eigenvalue weighted by molar-refractivity contribution is 9.10. The predicted molar refractivity (Wildman–Crippen MR) is 104 cm³/mol. The lowest BCUT2D eigenvalue weighted by Gasteiger charge is -2.07. The number of halogens is 3. The highest BCUT2D eigenvalue weighted by Crippen LogP contribution is 2.33. The number of nitrogens with zero attached hydrogens (tertiary/aromatic N) is 1. The van der Waals surface area contributed by atoms with Gasteiger partial charge >= 0.3 is 6.03 Å². The fraction of sp³-hybridized carbons (Fsp3) is 0.125. The molecule has 24 heavy (non-hydrogen) atoms. The number of nitrogens with one attached hydrogen (secondary N) is 2. The van der Waals surface area contributed by atoms with E-state index in [0.717, 1.165) is 10.0 Å². The predicted octanol–water partition coefficient (Wildman–Crippen LogP) is 5.34. The summed E-state index contributed by atoms with van der Waals surface area (Å²) >= 11 is 12.9. The Hall–Kier alpha value is -1.57. The molecule has 2 aromatic carbocycles. The van der Waals surface area contributed by atoms with Gasteiger partial charge in [0.15, 0.2) is 5.75 Å². The molecule has 2 aromatic rings. The first kappa shape index (κ1) is 18.8. The molecule has 126 valence electrons. The summed E-state index contributed by atoms with van der Waals surface area (Å²) in [6, 6.07) is 8.55. The lowest BCUT2D eigenvalue weighted by molar-refractivity contribution is 0.252. The number of carbonyl (C=O) groups is 1. The average Bonchev–Trinajstić information content (AvgIpc) is 2.51. The van der Waals surface area contributed by atoms with E-state index in [4.69, 9.17) is 16.3 Å². The number of anilines is 1. The van der Waals surface area contributed by atoms with Crippen molar-refractivity contribution in [1.82, 2.24) is 5.43 Å². The van der Waals surface area contributed by atoms with E-state index in [0.29, 0.717) is 26.5 Å². The first-order valence-electron chi connectivity index (χ1n) is 6.80. The van der Waals surface area contributed by atoms with Crippen molar-refractivity contribution in [1.29, 1.82) is 0 Å². The molecule has 8 heteroatoms. The third-order valence-corrected chi connectivity index (χ3v) is 4.78. The monoisotopic (exact) mass is 473 g/mol. The van der Waals surface area contributed by atoms with Crippen LogP contribution in [0.2, 0.25) is 5.02 Å². The lowest BCUT2D eigenvalue weighted by Crippen LogP contribution is -2.24. The van der Waals surface area contributed by atoms with Crippen LogP contribution in [0.25, 0.3) is 0 Å². The molecule has 0 saturated carbocycles. The van der Waals surface area contributed by atoms with E-state index in [1.165, 1.54) is 13.3 Å². The van der Waals surface area contributed by atoms with Crippen LogP contribution in [0.15, 0.2) is 44.4 Å². The fourth-order valence-corrected chi connectivity index (χ4v) is 3.20. The van der Waals surface area contributed by atoms with Crippen LogP contribution in [0.5, 0.6) is 5.75 Å². The maximum atomic E-state index is 11.8. The lowest BCUT2D eigenvalue weighted by atomic mass is 10.2. The Kier molecular flexibility index (Phi) is 6.65. The van der Waals surface area contributed by atoms with Crippen LogP contribution in [0.4, 0.5) is 10.5 Å². The Balaban J connectivity index is 1.98. The number of ether oxygens (including phenoxy) is 1. The van der Waals surface area contributed by atoms with Crippen LogP contribution < -0.4 is 15.5 Å². The van der Waals surface area contributed by atoms with Gasteiger partial charge in [0.1, 0.15) is 0 Å². The van der Waals surface area contributed by atoms with Gasteiger partial charge in [-0.3, -0.25) is 0 Å². The molecule has 5 nitrogen and oxygen atoms in total. The molecule has 0 aliphatic heterocycles. The molecule has 0 unspecified atom stereocenters. The first-order valence-corrected chi connectivity index (χ1v) is 8.76. The number of hydrazone groups is 1. The van der Waals surface area contributed by atoms with Gasteiger partial charge in [0, 0.05) is 10.2 Å². The fourth-order valence-electron chi connectivity index (χ4n) is 1.90. The van der Waals surface area contributed by atoms with Gasteiger partial charge in [0.25, 0.3) is 0 Å². The zero-order chi connectivity index (χ0) is 17.7. The molecule has 2 N–H and O–H groups in total. The van der Waals surface area contributed by atoms with Gasteiger partial charge in [-0.25, -0.2) is 10.2 Å². The Morgan fingerprint density at radius 1 is 1.25 bits per heavy atom. The van der Waals surface area contributed by atoms with Gasteiger partial charge in [0.05, 0.1) is 22.8 Å². The molecule has 0 aliphatic carbocycles. The standard InChI is InChI=1S/C16H14Br2ClN3O2/c1-9-5-11(3-4-12(9)17)21-16(23)22-20-8-10-6-13(18)15(24-2)14(19)7-10/h3-8H,1-2H3,(H2,21,22,23)/b20-8+. The summed E-state index contributed by atoms with van der Waals surface area (Å²) in [7, 11) is 1.54. The van der Waals surface area contributed by atoms with E-state index in [-0.39, 0.29) is 0 Å². The molecule has 0 aliphatic rings. The van der Waals surface area contributed by atoms with Gasteiger partial charge in [-0.05, 0) is 64.3 Å². The van der Waals surface area contributed by atoms with Gasteiger partial charge in [-0.2, -0.15) is 5.10 Å². The molecule has 0 radical (unpaired) electrons. The van der Waals surface area contributed by atoms with Gasteiger partial charge in [-0.1, -0.05) is 27.5 Å². The summed E-state index contributed by atoms with van der Waals surface area (Å²) in [6.07, 6.45) is 1.49. The number of aryl methyl sites for hydroxylation is 1. The average molecular weight is 476 g/mol. The summed E-state index contributed by atoms with van der Waals surface area (Å²) in [6.45, 7) is 1.94. The van der Waals surface area contributed by atoms with Crippen LogP contribution >= 0.6 is 43.5 Å². The van der Waals surface area contributed by atoms with Crippen LogP contribution in [-0.2, 0) is 0 Å². The maximum absolute atomic E-state index is 11.8. The van der Waals surface area contributed by atoms with Crippen molar-refractivity contribution in [2.75, 3.05) is 12.4 Å². The number of hydrogen-bond donors (Lipinski definition) is 2. The summed E-state index contributed by atoms with van der Waals surface area (Å²) in [5.74, 6) is 0.546. The zero-order valence-electron chi connectivity index (χ0n) is 12.9. The van der Waals surface area contributed by atoms with Crippen LogP contribution in [-0.4, -0.2) is 19.4 Å². The van der Waals surface area contributed by atoms with Gasteiger partial charge in [-0.15, -0.1) is 0 Å². The van der Waals surface area contributed by atoms with E-state index in [9.17, 15) is 4.79 Å². The van der Waals surface area contributed by atoms with Crippen molar-refractivity contribution in [3.63, 3.8) is 0 Å². The molecule has 0 fully saturated rings. The molecule has 0 bridgehead atoms. The highest BCUT2D eigenvalue weighted by Gasteiger charge is 2.07. The van der Waals surface area contributed by atoms with Crippen LogP contribution in [0, 0.1) is 6.92 Å². The van der Waals surface area contributed by atoms with E-state index in [1.54, 1.807) is 18.2 Å². The van der Waals surface area contributed by atoms with E-state index in [1.807, 2.05) is 19.1 Å². The number of carbonyl (C=O) groups excluding carboxylic acids is 1. The normalized spacial score (nSPS) is 10.7. The summed E-state index contributed by atoms with van der Waals surface area (Å²) < 4.78 is 6.83. The first-order chi connectivity index (χ1) is 11.4. The number of methoxy groups -OCH3 is 1. The number of amides is 2. The molecule has 2 rings (SSSR count). The largest absolute Gasteiger partial charge is 0.494 e. The molecule has 2 amide bonds. The smallest absolute Gasteiger partial charge is 0.339 e. The number of hydrogen-bond acceptors (Lipinski definition) is 3. The van der Waals surface area contributed by atoms with E-state index in [2.05, 4.69) is 47.7 Å². The molecular formula is C16H14Br2ClN3O2. The second kappa shape index (κ2) is 8.50. The SMILES string of the molecule is COc1c(Cl)cc(/C=N/NC(=O)Nc2ccc(Br)c(C)c2)cc1Br. The zero-order valence-corrected chi connectivity index (χ0v) is 16.8. The minimum atomic E-state index is -0.438. The van der Waals surface area contributed by atoms with Crippen LogP contribution in [0.3, 0.4) is 0 Å². The van der Waals surface area contributed by atoms with Crippen molar-refractivity contribution in [3.05, 3.63) is 55.4 Å². The second-order valence-corrected chi connectivity index (χ2v) is 6.92. The van der Waals surface area contributed by atoms with Crippen molar-refractivity contribution in [3.8, 4) is 5.75 Å². The Morgan fingerprint density at radius 3 is 2.62 bits per heavy atom. The van der Waals surface area contributed by atoms with Crippen molar-refractivity contribution >= 4 is 61.4 Å². The quantitative estimate of drug-likeness (QED) is 0.463. The number of urea groups is 1.